The summed E-state index contributed by atoms with van der Waals surface area (Å²) in [5, 5.41) is 0. The molecule has 0 heterocycles. The van der Waals surface area contributed by atoms with Crippen LogP contribution in [0.2, 0.25) is 0 Å². The summed E-state index contributed by atoms with van der Waals surface area (Å²) < 4.78 is 47.1. The van der Waals surface area contributed by atoms with Gasteiger partial charge >= 0.3 is 0 Å². The Bertz CT molecular complexity index is 372. The van der Waals surface area contributed by atoms with Crippen LogP contribution in [0.4, 0.5) is 18.9 Å². The fourth-order valence-corrected chi connectivity index (χ4v) is 1.15. The minimum absolute atomic E-state index is 0.00203. The highest BCUT2D eigenvalue weighted by molar-refractivity contribution is 5.56. The Morgan fingerprint density at radius 3 is 2.53 bits per heavy atom. The molecule has 0 aliphatic heterocycles. The van der Waals surface area contributed by atoms with E-state index < -0.39 is 18.8 Å². The predicted octanol–water partition coefficient (Wildman–Crippen LogP) is 2.84. The minimum atomic E-state index is -2.61. The van der Waals surface area contributed by atoms with Gasteiger partial charge in [0.05, 0.1) is 12.3 Å². The Balaban J connectivity index is 2.81. The quantitative estimate of drug-likeness (QED) is 0.788. The van der Waals surface area contributed by atoms with Gasteiger partial charge in [-0.1, -0.05) is 6.92 Å². The summed E-state index contributed by atoms with van der Waals surface area (Å²) in [4.78, 5) is 0. The lowest BCUT2D eigenvalue weighted by Crippen LogP contribution is -2.09. The van der Waals surface area contributed by atoms with Crippen molar-refractivity contribution in [3.63, 3.8) is 0 Å². The molecule has 0 saturated carbocycles. The van der Waals surface area contributed by atoms with E-state index in [9.17, 15) is 13.2 Å². The van der Waals surface area contributed by atoms with Gasteiger partial charge in [0.25, 0.3) is 6.43 Å². The first kappa shape index (κ1) is 13.5. The average Bonchev–Trinajstić information content (AvgIpc) is 2.26. The Morgan fingerprint density at radius 1 is 1.24 bits per heavy atom. The summed E-state index contributed by atoms with van der Waals surface area (Å²) in [7, 11) is 0. The van der Waals surface area contributed by atoms with Crippen LogP contribution < -0.4 is 15.2 Å². The Hall–Kier alpha value is -1.59. The largest absolute Gasteiger partial charge is 0.490 e. The third-order valence-corrected chi connectivity index (χ3v) is 1.89. The highest BCUT2D eigenvalue weighted by Gasteiger charge is 2.12. The third kappa shape index (κ3) is 4.05. The van der Waals surface area contributed by atoms with Crippen molar-refractivity contribution in [1.82, 2.24) is 0 Å². The second-order valence-electron chi connectivity index (χ2n) is 3.37. The van der Waals surface area contributed by atoms with Crippen molar-refractivity contribution in [3.8, 4) is 11.5 Å². The van der Waals surface area contributed by atoms with Crippen molar-refractivity contribution in [3.05, 3.63) is 17.9 Å². The summed E-state index contributed by atoms with van der Waals surface area (Å²) in [5.74, 6) is -0.691. The average molecular weight is 249 g/mol. The number of hydrogen-bond acceptors (Lipinski definition) is 3. The van der Waals surface area contributed by atoms with E-state index in [1.54, 1.807) is 0 Å². The van der Waals surface area contributed by atoms with Gasteiger partial charge in [0.1, 0.15) is 12.4 Å². The lowest BCUT2D eigenvalue weighted by atomic mass is 10.2. The van der Waals surface area contributed by atoms with Crippen LogP contribution in [-0.2, 0) is 0 Å². The molecule has 1 aromatic carbocycles. The van der Waals surface area contributed by atoms with Crippen molar-refractivity contribution in [2.45, 2.75) is 19.8 Å². The van der Waals surface area contributed by atoms with Crippen molar-refractivity contribution in [1.29, 1.82) is 0 Å². The number of nitrogens with two attached hydrogens (primary N) is 1. The van der Waals surface area contributed by atoms with E-state index >= 15 is 0 Å². The zero-order valence-electron chi connectivity index (χ0n) is 9.38. The maximum Gasteiger partial charge on any atom is 0.272 e. The Kier molecular flexibility index (Phi) is 4.93. The van der Waals surface area contributed by atoms with Crippen molar-refractivity contribution < 1.29 is 22.6 Å². The summed E-state index contributed by atoms with van der Waals surface area (Å²) in [6.45, 7) is 1.40. The molecule has 1 rings (SSSR count). The fourth-order valence-electron chi connectivity index (χ4n) is 1.15. The Morgan fingerprint density at radius 2 is 1.94 bits per heavy atom. The second-order valence-corrected chi connectivity index (χ2v) is 3.37. The van der Waals surface area contributed by atoms with Crippen LogP contribution >= 0.6 is 0 Å². The number of alkyl halides is 2. The number of hydrogen-bond donors (Lipinski definition) is 1. The molecule has 0 unspecified atom stereocenters. The van der Waals surface area contributed by atoms with Gasteiger partial charge in [0.15, 0.2) is 11.6 Å². The van der Waals surface area contributed by atoms with Crippen LogP contribution in [0.3, 0.4) is 0 Å². The number of anilines is 1. The lowest BCUT2D eigenvalue weighted by Gasteiger charge is -2.12. The predicted molar refractivity (Wildman–Crippen MR) is 58.1 cm³/mol. The monoisotopic (exact) mass is 249 g/mol. The van der Waals surface area contributed by atoms with Crippen LogP contribution in [-0.4, -0.2) is 19.6 Å². The molecular formula is C11H14F3NO2. The van der Waals surface area contributed by atoms with Crippen LogP contribution in [0, 0.1) is 5.82 Å². The summed E-state index contributed by atoms with van der Waals surface area (Å²) in [6, 6.07) is 2.18. The molecule has 0 aromatic heterocycles. The first-order valence-corrected chi connectivity index (χ1v) is 5.17. The van der Waals surface area contributed by atoms with Crippen molar-refractivity contribution in [2.75, 3.05) is 18.9 Å². The first-order valence-electron chi connectivity index (χ1n) is 5.17. The van der Waals surface area contributed by atoms with E-state index in [0.717, 1.165) is 6.07 Å². The molecule has 3 nitrogen and oxygen atoms in total. The highest BCUT2D eigenvalue weighted by Crippen LogP contribution is 2.30. The van der Waals surface area contributed by atoms with Crippen LogP contribution in [0.1, 0.15) is 13.3 Å². The van der Waals surface area contributed by atoms with E-state index in [1.165, 1.54) is 6.07 Å². The van der Waals surface area contributed by atoms with E-state index in [0.29, 0.717) is 13.0 Å². The fraction of sp³-hybridized carbons (Fsp3) is 0.455. The number of benzene rings is 1. The molecule has 2 N–H and O–H groups in total. The van der Waals surface area contributed by atoms with Gasteiger partial charge in [-0.05, 0) is 6.42 Å². The maximum atomic E-state index is 13.3. The molecule has 6 heteroatoms. The van der Waals surface area contributed by atoms with E-state index in [-0.39, 0.29) is 17.2 Å². The van der Waals surface area contributed by atoms with E-state index in [2.05, 4.69) is 0 Å². The normalized spacial score (nSPS) is 10.6. The smallest absolute Gasteiger partial charge is 0.272 e. The van der Waals surface area contributed by atoms with Crippen LogP contribution in [0.25, 0.3) is 0 Å². The summed E-state index contributed by atoms with van der Waals surface area (Å²) in [6.07, 6.45) is -1.91. The maximum absolute atomic E-state index is 13.3. The second kappa shape index (κ2) is 6.22. The van der Waals surface area contributed by atoms with Gasteiger partial charge in [0, 0.05) is 12.1 Å². The number of nitrogen functional groups attached to an aromatic ring is 1. The van der Waals surface area contributed by atoms with Gasteiger partial charge in [-0.3, -0.25) is 0 Å². The lowest BCUT2D eigenvalue weighted by molar-refractivity contribution is 0.0820. The van der Waals surface area contributed by atoms with Gasteiger partial charge < -0.3 is 15.2 Å². The minimum Gasteiger partial charge on any atom is -0.490 e. The van der Waals surface area contributed by atoms with Crippen molar-refractivity contribution in [2.24, 2.45) is 0 Å². The molecule has 0 radical (unpaired) electrons. The molecule has 1 aromatic rings. The Labute approximate surface area is 97.3 Å². The van der Waals surface area contributed by atoms with Gasteiger partial charge in [-0.25, -0.2) is 13.2 Å². The zero-order valence-corrected chi connectivity index (χ0v) is 9.38. The van der Waals surface area contributed by atoms with E-state index in [4.69, 9.17) is 15.2 Å². The molecule has 0 saturated heterocycles. The van der Waals surface area contributed by atoms with Crippen LogP contribution in [0.5, 0.6) is 11.5 Å². The molecule has 0 aliphatic carbocycles. The molecule has 0 atom stereocenters. The van der Waals surface area contributed by atoms with Gasteiger partial charge in [-0.15, -0.1) is 0 Å². The third-order valence-electron chi connectivity index (χ3n) is 1.89. The molecule has 0 aliphatic rings. The number of rotatable bonds is 6. The topological polar surface area (TPSA) is 44.5 Å². The zero-order chi connectivity index (χ0) is 12.8. The van der Waals surface area contributed by atoms with Crippen molar-refractivity contribution >= 4 is 5.69 Å². The number of ether oxygens (including phenoxy) is 2. The standard InChI is InChI=1S/C11H14F3NO2/c1-2-3-16-9-5-10(17-6-11(13)14)8(15)4-7(9)12/h4-5,11H,2-3,6,15H2,1H3. The molecule has 0 spiro atoms. The molecule has 0 fully saturated rings. The summed E-state index contributed by atoms with van der Waals surface area (Å²) >= 11 is 0. The molecule has 96 valence electrons. The SMILES string of the molecule is CCCOc1cc(OCC(F)F)c(N)cc1F. The van der Waals surface area contributed by atoms with E-state index in [1.807, 2.05) is 6.92 Å². The van der Waals surface area contributed by atoms with Gasteiger partial charge in [-0.2, -0.15) is 0 Å². The first-order chi connectivity index (χ1) is 8.04. The molecular weight excluding hydrogens is 235 g/mol. The van der Waals surface area contributed by atoms with Gasteiger partial charge in [0.2, 0.25) is 0 Å². The number of halogens is 3. The summed E-state index contributed by atoms with van der Waals surface area (Å²) in [5.41, 5.74) is 5.40. The molecule has 0 bridgehead atoms. The highest BCUT2D eigenvalue weighted by atomic mass is 19.3. The molecule has 0 amide bonds. The molecule has 17 heavy (non-hydrogen) atoms. The van der Waals surface area contributed by atoms with Crippen LogP contribution in [0.15, 0.2) is 12.1 Å².